The van der Waals surface area contributed by atoms with Gasteiger partial charge in [-0.2, -0.15) is 0 Å². The quantitative estimate of drug-likeness (QED) is 0.914. The van der Waals surface area contributed by atoms with Crippen LogP contribution in [-0.2, 0) is 16.1 Å². The molecule has 4 heteroatoms. The second-order valence-corrected chi connectivity index (χ2v) is 5.78. The van der Waals surface area contributed by atoms with E-state index >= 15 is 0 Å². The van der Waals surface area contributed by atoms with Gasteiger partial charge in [-0.05, 0) is 43.9 Å². The number of ether oxygens (including phenoxy) is 1. The Kier molecular flexibility index (Phi) is 3.76. The molecule has 1 aromatic rings. The number of anilines is 1. The summed E-state index contributed by atoms with van der Waals surface area (Å²) >= 11 is 0. The van der Waals surface area contributed by atoms with Crippen LogP contribution >= 0.6 is 0 Å². The predicted molar refractivity (Wildman–Crippen MR) is 78.4 cm³/mol. The maximum absolute atomic E-state index is 12.8. The van der Waals surface area contributed by atoms with Crippen molar-refractivity contribution in [2.45, 2.75) is 44.9 Å². The largest absolute Gasteiger partial charge is 0.378 e. The smallest absolute Gasteiger partial charge is 0.233 e. The van der Waals surface area contributed by atoms with Gasteiger partial charge in [0.05, 0.1) is 12.0 Å². The minimum atomic E-state index is 0.00443. The first kappa shape index (κ1) is 13.6. The zero-order valence-corrected chi connectivity index (χ0v) is 11.9. The molecule has 4 nitrogen and oxygen atoms in total. The van der Waals surface area contributed by atoms with Crippen molar-refractivity contribution >= 4 is 11.6 Å². The van der Waals surface area contributed by atoms with Gasteiger partial charge in [0.15, 0.2) is 0 Å². The van der Waals surface area contributed by atoms with Crippen LogP contribution in [0.2, 0.25) is 0 Å². The normalized spacial score (nSPS) is 25.7. The molecule has 2 atom stereocenters. The number of hydrogen-bond acceptors (Lipinski definition) is 3. The number of nitrogens with two attached hydrogens (primary N) is 1. The van der Waals surface area contributed by atoms with Gasteiger partial charge in [0, 0.05) is 24.9 Å². The minimum absolute atomic E-state index is 0.00443. The Balaban J connectivity index is 1.82. The van der Waals surface area contributed by atoms with Crippen molar-refractivity contribution in [2.75, 3.05) is 11.5 Å². The summed E-state index contributed by atoms with van der Waals surface area (Å²) in [6.45, 7) is 3.23. The molecule has 1 heterocycles. The highest BCUT2D eigenvalue weighted by molar-refractivity contribution is 5.96. The molecule has 1 saturated heterocycles. The molecule has 2 N–H and O–H groups in total. The average Bonchev–Trinajstić information content (AvgIpc) is 3.20. The van der Waals surface area contributed by atoms with Gasteiger partial charge in [0.2, 0.25) is 5.91 Å². The number of hydrogen-bond donors (Lipinski definition) is 1. The standard InChI is InChI=1S/C16H22N2O2/c1-11-15(8-9-20-11)16(19)18(14-6-7-14)13-4-2-12(10-17)3-5-13/h2-5,11,14-15H,6-10,17H2,1H3. The zero-order valence-electron chi connectivity index (χ0n) is 11.9. The number of amides is 1. The van der Waals surface area contributed by atoms with Crippen LogP contribution in [0.3, 0.4) is 0 Å². The second-order valence-electron chi connectivity index (χ2n) is 5.78. The maximum atomic E-state index is 12.8. The van der Waals surface area contributed by atoms with Gasteiger partial charge in [-0.25, -0.2) is 0 Å². The Labute approximate surface area is 119 Å². The molecule has 1 aliphatic heterocycles. The van der Waals surface area contributed by atoms with Crippen molar-refractivity contribution in [3.8, 4) is 0 Å². The van der Waals surface area contributed by atoms with Gasteiger partial charge in [-0.1, -0.05) is 12.1 Å². The molecule has 0 bridgehead atoms. The fraction of sp³-hybridized carbons (Fsp3) is 0.562. The molecule has 2 aliphatic rings. The van der Waals surface area contributed by atoms with Crippen LogP contribution in [0.4, 0.5) is 5.69 Å². The molecule has 0 aromatic heterocycles. The summed E-state index contributed by atoms with van der Waals surface area (Å²) in [5.74, 6) is 0.225. The van der Waals surface area contributed by atoms with Crippen LogP contribution in [-0.4, -0.2) is 24.7 Å². The monoisotopic (exact) mass is 274 g/mol. The van der Waals surface area contributed by atoms with Crippen LogP contribution in [0.1, 0.15) is 31.7 Å². The van der Waals surface area contributed by atoms with Crippen molar-refractivity contribution in [1.82, 2.24) is 0 Å². The maximum Gasteiger partial charge on any atom is 0.233 e. The van der Waals surface area contributed by atoms with Crippen LogP contribution < -0.4 is 10.6 Å². The minimum Gasteiger partial charge on any atom is -0.378 e. The molecule has 0 spiro atoms. The lowest BCUT2D eigenvalue weighted by Gasteiger charge is -2.27. The van der Waals surface area contributed by atoms with Gasteiger partial charge in [0.25, 0.3) is 0 Å². The summed E-state index contributed by atoms with van der Waals surface area (Å²) in [6, 6.07) is 8.41. The first-order chi connectivity index (χ1) is 9.70. The molecule has 2 unspecified atom stereocenters. The summed E-state index contributed by atoms with van der Waals surface area (Å²) in [7, 11) is 0. The molecule has 1 saturated carbocycles. The number of carbonyl (C=O) groups excluding carboxylic acids is 1. The molecule has 20 heavy (non-hydrogen) atoms. The lowest BCUT2D eigenvalue weighted by Crippen LogP contribution is -2.40. The highest BCUT2D eigenvalue weighted by atomic mass is 16.5. The number of rotatable bonds is 4. The molecular formula is C16H22N2O2. The summed E-state index contributed by atoms with van der Waals surface area (Å²) < 4.78 is 5.55. The fourth-order valence-electron chi connectivity index (χ4n) is 2.88. The molecule has 3 rings (SSSR count). The van der Waals surface area contributed by atoms with Gasteiger partial charge in [-0.15, -0.1) is 0 Å². The lowest BCUT2D eigenvalue weighted by atomic mass is 10.0. The first-order valence-electron chi connectivity index (χ1n) is 7.44. The third-order valence-electron chi connectivity index (χ3n) is 4.29. The zero-order chi connectivity index (χ0) is 14.1. The Morgan fingerprint density at radius 2 is 2.00 bits per heavy atom. The van der Waals surface area contributed by atoms with E-state index in [-0.39, 0.29) is 17.9 Å². The summed E-state index contributed by atoms with van der Waals surface area (Å²) in [5, 5.41) is 0. The highest BCUT2D eigenvalue weighted by Gasteiger charge is 2.40. The fourth-order valence-corrected chi connectivity index (χ4v) is 2.88. The van der Waals surface area contributed by atoms with E-state index in [1.54, 1.807) is 0 Å². The number of nitrogens with zero attached hydrogens (tertiary/aromatic N) is 1. The van der Waals surface area contributed by atoms with E-state index in [4.69, 9.17) is 10.5 Å². The van der Waals surface area contributed by atoms with E-state index in [2.05, 4.69) is 0 Å². The average molecular weight is 274 g/mol. The van der Waals surface area contributed by atoms with E-state index in [1.807, 2.05) is 36.1 Å². The molecule has 1 aromatic carbocycles. The van der Waals surface area contributed by atoms with Crippen molar-refractivity contribution in [2.24, 2.45) is 11.7 Å². The van der Waals surface area contributed by atoms with E-state index in [0.29, 0.717) is 19.2 Å². The highest BCUT2D eigenvalue weighted by Crippen LogP contribution is 2.35. The summed E-state index contributed by atoms with van der Waals surface area (Å²) in [4.78, 5) is 14.8. The predicted octanol–water partition coefficient (Wildman–Crippen LogP) is 2.07. The van der Waals surface area contributed by atoms with Gasteiger partial charge >= 0.3 is 0 Å². The third kappa shape index (κ3) is 2.58. The topological polar surface area (TPSA) is 55.6 Å². The van der Waals surface area contributed by atoms with Crippen LogP contribution in [0, 0.1) is 5.92 Å². The molecule has 0 radical (unpaired) electrons. The van der Waals surface area contributed by atoms with Gasteiger partial charge in [0.1, 0.15) is 0 Å². The summed E-state index contributed by atoms with van der Waals surface area (Å²) in [5.41, 5.74) is 7.72. The van der Waals surface area contributed by atoms with E-state index in [9.17, 15) is 4.79 Å². The first-order valence-corrected chi connectivity index (χ1v) is 7.44. The van der Waals surface area contributed by atoms with Crippen molar-refractivity contribution in [3.63, 3.8) is 0 Å². The Morgan fingerprint density at radius 3 is 2.50 bits per heavy atom. The Hall–Kier alpha value is -1.39. The Bertz CT molecular complexity index is 482. The van der Waals surface area contributed by atoms with Crippen molar-refractivity contribution in [3.05, 3.63) is 29.8 Å². The van der Waals surface area contributed by atoms with Crippen LogP contribution in [0.5, 0.6) is 0 Å². The molecule has 1 amide bonds. The van der Waals surface area contributed by atoms with Gasteiger partial charge < -0.3 is 15.4 Å². The molecule has 1 aliphatic carbocycles. The number of benzene rings is 1. The molecule has 108 valence electrons. The van der Waals surface area contributed by atoms with Crippen LogP contribution in [0.15, 0.2) is 24.3 Å². The van der Waals surface area contributed by atoms with E-state index in [1.165, 1.54) is 0 Å². The van der Waals surface area contributed by atoms with E-state index < -0.39 is 0 Å². The number of carbonyl (C=O) groups is 1. The lowest BCUT2D eigenvalue weighted by molar-refractivity contribution is -0.123. The van der Waals surface area contributed by atoms with Crippen LogP contribution in [0.25, 0.3) is 0 Å². The third-order valence-corrected chi connectivity index (χ3v) is 4.29. The van der Waals surface area contributed by atoms with Gasteiger partial charge in [-0.3, -0.25) is 4.79 Å². The Morgan fingerprint density at radius 1 is 1.30 bits per heavy atom. The van der Waals surface area contributed by atoms with Crippen molar-refractivity contribution in [1.29, 1.82) is 0 Å². The molecule has 2 fully saturated rings. The van der Waals surface area contributed by atoms with E-state index in [0.717, 1.165) is 30.5 Å². The molecular weight excluding hydrogens is 252 g/mol. The summed E-state index contributed by atoms with van der Waals surface area (Å²) in [6.07, 6.45) is 3.08. The second kappa shape index (κ2) is 5.54. The van der Waals surface area contributed by atoms with Crippen molar-refractivity contribution < 1.29 is 9.53 Å². The SMILES string of the molecule is CC1OCCC1C(=O)N(c1ccc(CN)cc1)C1CC1.